The van der Waals surface area contributed by atoms with E-state index >= 15 is 0 Å². The predicted octanol–water partition coefficient (Wildman–Crippen LogP) is 2.61. The number of nitrogens with one attached hydrogen (secondary N) is 1. The van der Waals surface area contributed by atoms with Crippen molar-refractivity contribution in [1.29, 1.82) is 0 Å². The Labute approximate surface area is 137 Å². The summed E-state index contributed by atoms with van der Waals surface area (Å²) in [5.74, 6) is 1.56. The van der Waals surface area contributed by atoms with Gasteiger partial charge in [0, 0.05) is 17.0 Å². The number of hydrogen-bond acceptors (Lipinski definition) is 2. The van der Waals surface area contributed by atoms with Crippen molar-refractivity contribution < 1.29 is 14.4 Å². The highest BCUT2D eigenvalue weighted by molar-refractivity contribution is 6.30. The zero-order chi connectivity index (χ0) is 15.9. The molecular formula is C18H23ClNO2+. The van der Waals surface area contributed by atoms with Crippen LogP contribution < -0.4 is 14.4 Å². The van der Waals surface area contributed by atoms with Crippen molar-refractivity contribution in [1.82, 2.24) is 0 Å². The van der Waals surface area contributed by atoms with Gasteiger partial charge < -0.3 is 14.4 Å². The van der Waals surface area contributed by atoms with Crippen LogP contribution in [0.15, 0.2) is 42.5 Å². The van der Waals surface area contributed by atoms with E-state index in [2.05, 4.69) is 31.3 Å². The minimum atomic E-state index is 0.771. The summed E-state index contributed by atoms with van der Waals surface area (Å²) in [5.41, 5.74) is 2.56. The summed E-state index contributed by atoms with van der Waals surface area (Å²) in [7, 11) is 5.52. The molecule has 1 unspecified atom stereocenters. The molecule has 0 bridgehead atoms. The Morgan fingerprint density at radius 2 is 1.55 bits per heavy atom. The minimum absolute atomic E-state index is 0.771. The smallest absolute Gasteiger partial charge is 0.160 e. The third kappa shape index (κ3) is 4.65. The lowest BCUT2D eigenvalue weighted by atomic mass is 10.1. The van der Waals surface area contributed by atoms with E-state index in [4.69, 9.17) is 21.1 Å². The molecule has 0 aliphatic heterocycles. The van der Waals surface area contributed by atoms with Gasteiger partial charge in [0.25, 0.3) is 0 Å². The molecule has 0 saturated heterocycles. The third-order valence-electron chi connectivity index (χ3n) is 3.71. The molecule has 0 aromatic heterocycles. The Morgan fingerprint density at radius 1 is 0.909 bits per heavy atom. The maximum atomic E-state index is 5.91. The van der Waals surface area contributed by atoms with Gasteiger partial charge in [-0.3, -0.25) is 0 Å². The summed E-state index contributed by atoms with van der Waals surface area (Å²) in [6.07, 6.45) is 1.000. The van der Waals surface area contributed by atoms with Gasteiger partial charge in [0.05, 0.1) is 27.8 Å². The maximum Gasteiger partial charge on any atom is 0.160 e. The van der Waals surface area contributed by atoms with E-state index < -0.39 is 0 Å². The summed E-state index contributed by atoms with van der Waals surface area (Å²) in [6, 6.07) is 14.2. The first-order valence-electron chi connectivity index (χ1n) is 7.39. The van der Waals surface area contributed by atoms with Crippen LogP contribution in [-0.4, -0.2) is 27.8 Å². The molecule has 0 aliphatic rings. The number of methoxy groups -OCH3 is 2. The van der Waals surface area contributed by atoms with Crippen molar-refractivity contribution in [2.24, 2.45) is 0 Å². The molecule has 0 spiro atoms. The number of ether oxygens (including phenoxy) is 2. The summed E-state index contributed by atoms with van der Waals surface area (Å²) in [4.78, 5) is 1.46. The van der Waals surface area contributed by atoms with E-state index in [0.717, 1.165) is 36.0 Å². The maximum absolute atomic E-state index is 5.91. The van der Waals surface area contributed by atoms with Crippen LogP contribution in [0.4, 0.5) is 0 Å². The molecule has 0 saturated carbocycles. The van der Waals surface area contributed by atoms with Crippen molar-refractivity contribution in [2.45, 2.75) is 13.0 Å². The lowest BCUT2D eigenvalue weighted by molar-refractivity contribution is -0.893. The van der Waals surface area contributed by atoms with Crippen molar-refractivity contribution in [3.05, 3.63) is 58.6 Å². The lowest BCUT2D eigenvalue weighted by Crippen LogP contribution is -3.07. The first kappa shape index (κ1) is 16.7. The molecule has 4 heteroatoms. The monoisotopic (exact) mass is 320 g/mol. The Morgan fingerprint density at radius 3 is 2.18 bits per heavy atom. The second kappa shape index (κ2) is 8.06. The summed E-state index contributed by atoms with van der Waals surface area (Å²) >= 11 is 5.91. The largest absolute Gasteiger partial charge is 0.493 e. The Kier molecular flexibility index (Phi) is 6.10. The number of benzene rings is 2. The fourth-order valence-corrected chi connectivity index (χ4v) is 2.56. The number of rotatable bonds is 7. The molecule has 2 aromatic carbocycles. The van der Waals surface area contributed by atoms with Crippen LogP contribution in [0.25, 0.3) is 0 Å². The van der Waals surface area contributed by atoms with Crippen LogP contribution in [0.1, 0.15) is 11.1 Å². The molecule has 2 aromatic rings. The van der Waals surface area contributed by atoms with E-state index in [-0.39, 0.29) is 0 Å². The summed E-state index contributed by atoms with van der Waals surface area (Å²) in [6.45, 7) is 2.04. The molecule has 0 fully saturated rings. The molecule has 0 heterocycles. The summed E-state index contributed by atoms with van der Waals surface area (Å²) < 4.78 is 10.6. The van der Waals surface area contributed by atoms with Crippen molar-refractivity contribution >= 4 is 11.6 Å². The number of halogens is 1. The highest BCUT2D eigenvalue weighted by Crippen LogP contribution is 2.27. The minimum Gasteiger partial charge on any atom is -0.493 e. The highest BCUT2D eigenvalue weighted by atomic mass is 35.5. The van der Waals surface area contributed by atoms with Gasteiger partial charge in [-0.05, 0) is 29.8 Å². The van der Waals surface area contributed by atoms with Crippen LogP contribution in [0.2, 0.25) is 5.02 Å². The van der Waals surface area contributed by atoms with Crippen molar-refractivity contribution in [3.63, 3.8) is 0 Å². The fraction of sp³-hybridized carbons (Fsp3) is 0.333. The van der Waals surface area contributed by atoms with Crippen LogP contribution >= 0.6 is 11.6 Å². The molecule has 0 radical (unpaired) electrons. The van der Waals surface area contributed by atoms with Crippen LogP contribution in [0.5, 0.6) is 11.5 Å². The first-order chi connectivity index (χ1) is 10.6. The van der Waals surface area contributed by atoms with Crippen LogP contribution in [-0.2, 0) is 13.0 Å². The van der Waals surface area contributed by atoms with Gasteiger partial charge in [0.15, 0.2) is 11.5 Å². The first-order valence-corrected chi connectivity index (χ1v) is 7.77. The molecule has 0 aliphatic carbocycles. The van der Waals surface area contributed by atoms with E-state index in [1.54, 1.807) is 14.2 Å². The number of quaternary nitrogens is 1. The Hall–Kier alpha value is -1.71. The van der Waals surface area contributed by atoms with Gasteiger partial charge in [-0.2, -0.15) is 0 Å². The lowest BCUT2D eigenvalue weighted by Gasteiger charge is -2.15. The van der Waals surface area contributed by atoms with E-state index in [1.165, 1.54) is 16.0 Å². The molecule has 1 atom stereocenters. The summed E-state index contributed by atoms with van der Waals surface area (Å²) in [5, 5.41) is 0.784. The highest BCUT2D eigenvalue weighted by Gasteiger charge is 2.08. The van der Waals surface area contributed by atoms with Gasteiger partial charge in [-0.1, -0.05) is 29.8 Å². The van der Waals surface area contributed by atoms with Crippen LogP contribution in [0.3, 0.4) is 0 Å². The Balaban J connectivity index is 1.90. The average Bonchev–Trinajstić information content (AvgIpc) is 2.54. The molecule has 1 N–H and O–H groups in total. The molecule has 2 rings (SSSR count). The van der Waals surface area contributed by atoms with Gasteiger partial charge in [0.2, 0.25) is 0 Å². The number of hydrogen-bond donors (Lipinski definition) is 1. The molecule has 0 amide bonds. The molecule has 3 nitrogen and oxygen atoms in total. The van der Waals surface area contributed by atoms with Gasteiger partial charge >= 0.3 is 0 Å². The Bertz CT molecular complexity index is 599. The van der Waals surface area contributed by atoms with E-state index in [9.17, 15) is 0 Å². The normalized spacial score (nSPS) is 12.0. The molecule has 22 heavy (non-hydrogen) atoms. The van der Waals surface area contributed by atoms with E-state index in [0.29, 0.717) is 0 Å². The predicted molar refractivity (Wildman–Crippen MR) is 90.2 cm³/mol. The van der Waals surface area contributed by atoms with E-state index in [1.807, 2.05) is 18.2 Å². The zero-order valence-corrected chi connectivity index (χ0v) is 14.1. The quantitative estimate of drug-likeness (QED) is 0.847. The SMILES string of the molecule is COc1ccc(CC[NH+](C)Cc2ccc(Cl)cc2)cc1OC. The molecule has 118 valence electrons. The standard InChI is InChI=1S/C18H22ClNO2/c1-20(13-15-4-7-16(19)8-5-15)11-10-14-6-9-17(21-2)18(12-14)22-3/h4-9,12H,10-11,13H2,1-3H3/p+1. The second-order valence-electron chi connectivity index (χ2n) is 5.45. The average molecular weight is 321 g/mol. The third-order valence-corrected chi connectivity index (χ3v) is 3.96. The number of likely N-dealkylation sites (N-methyl/N-ethyl adjacent to an activating group) is 1. The second-order valence-corrected chi connectivity index (χ2v) is 5.89. The van der Waals surface area contributed by atoms with Gasteiger partial charge in [-0.25, -0.2) is 0 Å². The fourth-order valence-electron chi connectivity index (χ4n) is 2.43. The van der Waals surface area contributed by atoms with Gasteiger partial charge in [0.1, 0.15) is 6.54 Å². The van der Waals surface area contributed by atoms with Crippen LogP contribution in [0, 0.1) is 0 Å². The topological polar surface area (TPSA) is 22.9 Å². The molecular weight excluding hydrogens is 298 g/mol. The zero-order valence-electron chi connectivity index (χ0n) is 13.4. The van der Waals surface area contributed by atoms with Crippen molar-refractivity contribution in [3.8, 4) is 11.5 Å². The van der Waals surface area contributed by atoms with Gasteiger partial charge in [-0.15, -0.1) is 0 Å². The van der Waals surface area contributed by atoms with Crippen molar-refractivity contribution in [2.75, 3.05) is 27.8 Å².